The number of carbonyl (C=O) groups excluding carboxylic acids is 2. The molecule has 0 saturated heterocycles. The maximum absolute atomic E-state index is 10.8. The van der Waals surface area contributed by atoms with E-state index in [0.717, 1.165) is 25.7 Å². The second kappa shape index (κ2) is 7.58. The van der Waals surface area contributed by atoms with Crippen LogP contribution < -0.4 is 11.1 Å². The average Bonchev–Trinajstić information content (AvgIpc) is 2.10. The van der Waals surface area contributed by atoms with E-state index in [0.29, 0.717) is 12.8 Å². The quantitative estimate of drug-likeness (QED) is 0.570. The van der Waals surface area contributed by atoms with Crippen molar-refractivity contribution in [2.75, 3.05) is 7.05 Å². The number of amides is 2. The summed E-state index contributed by atoms with van der Waals surface area (Å²) in [4.78, 5) is 21.1. The van der Waals surface area contributed by atoms with Crippen molar-refractivity contribution in [3.63, 3.8) is 0 Å². The normalized spacial score (nSPS) is 9.62. The van der Waals surface area contributed by atoms with Gasteiger partial charge in [-0.1, -0.05) is 12.8 Å². The maximum atomic E-state index is 10.8. The number of nitrogens with one attached hydrogen (secondary N) is 1. The maximum Gasteiger partial charge on any atom is 0.219 e. The van der Waals surface area contributed by atoms with Crippen molar-refractivity contribution >= 4 is 11.8 Å². The molecule has 0 atom stereocenters. The van der Waals surface area contributed by atoms with Gasteiger partial charge < -0.3 is 11.1 Å². The van der Waals surface area contributed by atoms with Crippen LogP contribution in [-0.4, -0.2) is 18.9 Å². The van der Waals surface area contributed by atoms with Crippen molar-refractivity contribution in [1.82, 2.24) is 5.32 Å². The molecule has 0 aliphatic carbocycles. The van der Waals surface area contributed by atoms with Crippen LogP contribution in [0.15, 0.2) is 0 Å². The summed E-state index contributed by atoms with van der Waals surface area (Å²) in [7, 11) is 1.63. The molecule has 0 unspecified atom stereocenters. The Morgan fingerprint density at radius 3 is 2.08 bits per heavy atom. The fourth-order valence-corrected chi connectivity index (χ4v) is 1.06. The lowest BCUT2D eigenvalue weighted by Crippen LogP contribution is -2.16. The summed E-state index contributed by atoms with van der Waals surface area (Å²) >= 11 is 0. The van der Waals surface area contributed by atoms with Crippen LogP contribution in [-0.2, 0) is 9.59 Å². The molecule has 0 bridgehead atoms. The molecule has 0 aromatic carbocycles. The smallest absolute Gasteiger partial charge is 0.219 e. The van der Waals surface area contributed by atoms with Crippen LogP contribution in [0.4, 0.5) is 0 Å². The predicted octanol–water partition coefficient (Wildman–Crippen LogP) is 0.558. The molecular formula is C9H18N2O2. The Morgan fingerprint density at radius 1 is 1.08 bits per heavy atom. The first-order chi connectivity index (χ1) is 6.16. The molecule has 76 valence electrons. The molecule has 13 heavy (non-hydrogen) atoms. The Bertz CT molecular complexity index is 169. The van der Waals surface area contributed by atoms with Crippen molar-refractivity contribution < 1.29 is 9.59 Å². The highest BCUT2D eigenvalue weighted by atomic mass is 16.1. The second-order valence-corrected chi connectivity index (χ2v) is 3.05. The number of nitrogens with two attached hydrogens (primary N) is 1. The third kappa shape index (κ3) is 8.85. The van der Waals surface area contributed by atoms with E-state index in [4.69, 9.17) is 5.73 Å². The molecule has 0 aliphatic rings. The molecule has 2 amide bonds. The molecule has 0 aromatic heterocycles. The standard InChI is InChI=1S/C9H18N2O2/c1-11-9(13)7-5-3-2-4-6-8(10)12/h2-7H2,1H3,(H2,10,12)(H,11,13). The first-order valence-corrected chi connectivity index (χ1v) is 4.65. The van der Waals surface area contributed by atoms with Crippen LogP contribution in [0.5, 0.6) is 0 Å². The molecule has 0 aliphatic heterocycles. The molecule has 0 radical (unpaired) electrons. The summed E-state index contributed by atoms with van der Waals surface area (Å²) in [5.74, 6) is -0.166. The lowest BCUT2D eigenvalue weighted by atomic mass is 10.1. The summed E-state index contributed by atoms with van der Waals surface area (Å²) in [6, 6.07) is 0. The van der Waals surface area contributed by atoms with Crippen molar-refractivity contribution in [1.29, 1.82) is 0 Å². The zero-order chi connectivity index (χ0) is 10.1. The van der Waals surface area contributed by atoms with Gasteiger partial charge in [-0.15, -0.1) is 0 Å². The highest BCUT2D eigenvalue weighted by Crippen LogP contribution is 2.04. The zero-order valence-corrected chi connectivity index (χ0v) is 8.14. The van der Waals surface area contributed by atoms with E-state index in [2.05, 4.69) is 5.32 Å². The summed E-state index contributed by atoms with van der Waals surface area (Å²) in [5, 5.41) is 2.56. The molecule has 4 heteroatoms. The number of rotatable bonds is 7. The van der Waals surface area contributed by atoms with Crippen molar-refractivity contribution in [2.45, 2.75) is 38.5 Å². The molecule has 0 rings (SSSR count). The van der Waals surface area contributed by atoms with Gasteiger partial charge in [-0.25, -0.2) is 0 Å². The van der Waals surface area contributed by atoms with Gasteiger partial charge in [0.1, 0.15) is 0 Å². The molecule has 0 fully saturated rings. The zero-order valence-electron chi connectivity index (χ0n) is 8.14. The van der Waals surface area contributed by atoms with E-state index in [1.807, 2.05) is 0 Å². The fourth-order valence-electron chi connectivity index (χ4n) is 1.06. The van der Waals surface area contributed by atoms with Crippen molar-refractivity contribution in [3.05, 3.63) is 0 Å². The van der Waals surface area contributed by atoms with Crippen LogP contribution in [0, 0.1) is 0 Å². The topological polar surface area (TPSA) is 72.2 Å². The van der Waals surface area contributed by atoms with Gasteiger partial charge in [-0.2, -0.15) is 0 Å². The average molecular weight is 186 g/mol. The summed E-state index contributed by atoms with van der Waals surface area (Å²) in [5.41, 5.74) is 4.97. The third-order valence-electron chi connectivity index (χ3n) is 1.86. The van der Waals surface area contributed by atoms with Crippen LogP contribution in [0.2, 0.25) is 0 Å². The van der Waals surface area contributed by atoms with Crippen molar-refractivity contribution in [3.8, 4) is 0 Å². The lowest BCUT2D eigenvalue weighted by molar-refractivity contribution is -0.121. The van der Waals surface area contributed by atoms with Crippen molar-refractivity contribution in [2.24, 2.45) is 5.73 Å². The van der Waals surface area contributed by atoms with Gasteiger partial charge >= 0.3 is 0 Å². The molecule has 0 aromatic rings. The van der Waals surface area contributed by atoms with Gasteiger partial charge in [-0.3, -0.25) is 9.59 Å². The van der Waals surface area contributed by atoms with Gasteiger partial charge in [0.25, 0.3) is 0 Å². The van der Waals surface area contributed by atoms with Crippen LogP contribution in [0.25, 0.3) is 0 Å². The van der Waals surface area contributed by atoms with Crippen LogP contribution in [0.3, 0.4) is 0 Å². The van der Waals surface area contributed by atoms with E-state index in [1.54, 1.807) is 7.05 Å². The van der Waals surface area contributed by atoms with Gasteiger partial charge in [0.15, 0.2) is 0 Å². The highest BCUT2D eigenvalue weighted by Gasteiger charge is 1.98. The summed E-state index contributed by atoms with van der Waals surface area (Å²) in [6.45, 7) is 0. The fraction of sp³-hybridized carbons (Fsp3) is 0.778. The number of primary amides is 1. The Morgan fingerprint density at radius 2 is 1.62 bits per heavy atom. The second-order valence-electron chi connectivity index (χ2n) is 3.05. The predicted molar refractivity (Wildman–Crippen MR) is 51.0 cm³/mol. The van der Waals surface area contributed by atoms with E-state index >= 15 is 0 Å². The third-order valence-corrected chi connectivity index (χ3v) is 1.86. The van der Waals surface area contributed by atoms with E-state index in [-0.39, 0.29) is 11.8 Å². The molecule has 4 nitrogen and oxygen atoms in total. The van der Waals surface area contributed by atoms with Gasteiger partial charge in [0.2, 0.25) is 11.8 Å². The minimum atomic E-state index is -0.244. The van der Waals surface area contributed by atoms with Gasteiger partial charge in [0, 0.05) is 19.9 Å². The Hall–Kier alpha value is -1.06. The largest absolute Gasteiger partial charge is 0.370 e. The molecule has 0 saturated carbocycles. The Labute approximate surface area is 78.9 Å². The summed E-state index contributed by atoms with van der Waals surface area (Å²) < 4.78 is 0. The Balaban J connectivity index is 3.08. The monoisotopic (exact) mass is 186 g/mol. The first kappa shape index (κ1) is 11.9. The molecule has 3 N–H and O–H groups in total. The SMILES string of the molecule is CNC(=O)CCCCCCC(N)=O. The van der Waals surface area contributed by atoms with E-state index < -0.39 is 0 Å². The summed E-state index contributed by atoms with van der Waals surface area (Å²) in [6.07, 6.45) is 4.72. The molecule has 0 spiro atoms. The minimum Gasteiger partial charge on any atom is -0.370 e. The lowest BCUT2D eigenvalue weighted by Gasteiger charge is -1.99. The number of unbranched alkanes of at least 4 members (excludes halogenated alkanes) is 3. The number of hydrogen-bond donors (Lipinski definition) is 2. The van der Waals surface area contributed by atoms with E-state index in [1.165, 1.54) is 0 Å². The molecule has 0 heterocycles. The van der Waals surface area contributed by atoms with Crippen LogP contribution in [0.1, 0.15) is 38.5 Å². The number of hydrogen-bond acceptors (Lipinski definition) is 2. The minimum absolute atomic E-state index is 0.0786. The van der Waals surface area contributed by atoms with Gasteiger partial charge in [-0.05, 0) is 12.8 Å². The van der Waals surface area contributed by atoms with Crippen LogP contribution >= 0.6 is 0 Å². The highest BCUT2D eigenvalue weighted by molar-refractivity contribution is 5.75. The van der Waals surface area contributed by atoms with E-state index in [9.17, 15) is 9.59 Å². The van der Waals surface area contributed by atoms with Gasteiger partial charge in [0.05, 0.1) is 0 Å². The molecular weight excluding hydrogens is 168 g/mol. The first-order valence-electron chi connectivity index (χ1n) is 4.65. The number of carbonyl (C=O) groups is 2. The Kier molecular flexibility index (Phi) is 6.96.